The largest absolute Gasteiger partial charge is 0.508 e. The molecule has 0 radical (unpaired) electrons. The van der Waals surface area contributed by atoms with Crippen molar-refractivity contribution in [3.63, 3.8) is 0 Å². The number of aliphatic carboxylic acids is 1. The number of aromatic amines is 1. The van der Waals surface area contributed by atoms with Crippen molar-refractivity contribution >= 4 is 33.7 Å². The van der Waals surface area contributed by atoms with Crippen molar-refractivity contribution in [1.29, 1.82) is 0 Å². The van der Waals surface area contributed by atoms with E-state index in [1.807, 2.05) is 0 Å². The van der Waals surface area contributed by atoms with Crippen molar-refractivity contribution in [2.24, 2.45) is 0 Å². The molecular formula is C30H26N2O8. The summed E-state index contributed by atoms with van der Waals surface area (Å²) < 4.78 is 16.4. The van der Waals surface area contributed by atoms with E-state index in [4.69, 9.17) is 13.9 Å². The summed E-state index contributed by atoms with van der Waals surface area (Å²) in [6.07, 6.45) is 0.598. The Labute approximate surface area is 227 Å². The van der Waals surface area contributed by atoms with Gasteiger partial charge in [-0.3, -0.25) is 4.79 Å². The monoisotopic (exact) mass is 542 g/mol. The first-order valence-corrected chi connectivity index (χ1v) is 12.4. The number of ether oxygens (including phenoxy) is 2. The highest BCUT2D eigenvalue weighted by Crippen LogP contribution is 2.27. The topological polar surface area (TPSA) is 151 Å². The number of amides is 1. The molecule has 0 aliphatic rings. The smallest absolute Gasteiger partial charge is 0.344 e. The molecule has 0 spiro atoms. The van der Waals surface area contributed by atoms with Gasteiger partial charge in [-0.05, 0) is 66.6 Å². The van der Waals surface area contributed by atoms with Crippen LogP contribution in [0.3, 0.4) is 0 Å². The maximum atomic E-state index is 12.8. The van der Waals surface area contributed by atoms with Crippen molar-refractivity contribution in [2.75, 3.05) is 7.11 Å². The maximum Gasteiger partial charge on any atom is 0.344 e. The molecule has 1 amide bonds. The average Bonchev–Trinajstić information content (AvgIpc) is 3.33. The summed E-state index contributed by atoms with van der Waals surface area (Å²) >= 11 is 0. The molecule has 0 bridgehead atoms. The second kappa shape index (κ2) is 10.9. The summed E-state index contributed by atoms with van der Waals surface area (Å²) in [5.41, 5.74) is 2.18. The summed E-state index contributed by atoms with van der Waals surface area (Å²) in [6.45, 7) is 1.49. The lowest BCUT2D eigenvalue weighted by Gasteiger charge is -2.19. The number of carboxylic acids is 1. The van der Waals surface area contributed by atoms with Crippen molar-refractivity contribution in [3.8, 4) is 28.4 Å². The molecule has 204 valence electrons. The lowest BCUT2D eigenvalue weighted by atomic mass is 10.0. The third-order valence-electron chi connectivity index (χ3n) is 6.58. The standard InChI is InChI=1S/C30H26N2O8/c1-16(28(34)32-26(29(35)36)12-19-15-31-25-10-6-20(33)13-23(19)25)39-22-9-5-18-11-24(30(37)40-27(18)14-22)17-3-7-21(38-2)8-4-17/h3-11,13-16,26,31,33H,12H2,1-2H3,(H,32,34)(H,35,36)/t16-,26-/m0/s1. The number of carbonyl (C=O) groups excluding carboxylic acids is 1. The minimum Gasteiger partial charge on any atom is -0.508 e. The first-order chi connectivity index (χ1) is 19.2. The van der Waals surface area contributed by atoms with Crippen LogP contribution in [0, 0.1) is 0 Å². The average molecular weight is 543 g/mol. The van der Waals surface area contributed by atoms with Crippen LogP contribution in [0.15, 0.2) is 82.1 Å². The summed E-state index contributed by atoms with van der Waals surface area (Å²) in [4.78, 5) is 40.5. The number of nitrogens with one attached hydrogen (secondary N) is 2. The van der Waals surface area contributed by atoms with Crippen LogP contribution < -0.4 is 20.4 Å². The fourth-order valence-corrected chi connectivity index (χ4v) is 4.44. The van der Waals surface area contributed by atoms with Crippen molar-refractivity contribution < 1.29 is 33.7 Å². The van der Waals surface area contributed by atoms with Gasteiger partial charge in [0.25, 0.3) is 5.91 Å². The normalized spacial score (nSPS) is 12.7. The third-order valence-corrected chi connectivity index (χ3v) is 6.58. The van der Waals surface area contributed by atoms with Gasteiger partial charge in [0.05, 0.1) is 12.7 Å². The Bertz CT molecular complexity index is 1770. The number of H-pyrrole nitrogens is 1. The first-order valence-electron chi connectivity index (χ1n) is 12.4. The molecule has 10 heteroatoms. The fourth-order valence-electron chi connectivity index (χ4n) is 4.44. The SMILES string of the molecule is COc1ccc(-c2cc3ccc(O[C@@H](C)C(=O)N[C@@H](Cc4c[nH]c5ccc(O)cc45)C(=O)O)cc3oc2=O)cc1. The van der Waals surface area contributed by atoms with E-state index < -0.39 is 29.6 Å². The Kier molecular flexibility index (Phi) is 7.15. The van der Waals surface area contributed by atoms with Crippen LogP contribution in [0.5, 0.6) is 17.2 Å². The van der Waals surface area contributed by atoms with Crippen LogP contribution in [0.2, 0.25) is 0 Å². The number of hydrogen-bond acceptors (Lipinski definition) is 7. The number of methoxy groups -OCH3 is 1. The number of carbonyl (C=O) groups is 2. The second-order valence-corrected chi connectivity index (χ2v) is 9.28. The number of aromatic nitrogens is 1. The van der Waals surface area contributed by atoms with E-state index in [9.17, 15) is 24.6 Å². The number of rotatable bonds is 9. The van der Waals surface area contributed by atoms with E-state index in [-0.39, 0.29) is 23.5 Å². The van der Waals surface area contributed by atoms with E-state index >= 15 is 0 Å². The lowest BCUT2D eigenvalue weighted by molar-refractivity contribution is -0.142. The molecule has 3 aromatic carbocycles. The van der Waals surface area contributed by atoms with Gasteiger partial charge in [0.2, 0.25) is 0 Å². The molecule has 5 aromatic rings. The summed E-state index contributed by atoms with van der Waals surface area (Å²) in [6, 6.07) is 17.1. The van der Waals surface area contributed by atoms with Crippen LogP contribution in [0.4, 0.5) is 0 Å². The van der Waals surface area contributed by atoms with E-state index in [1.54, 1.807) is 61.8 Å². The molecule has 2 atom stereocenters. The van der Waals surface area contributed by atoms with Gasteiger partial charge >= 0.3 is 11.6 Å². The van der Waals surface area contributed by atoms with E-state index in [0.717, 1.165) is 5.52 Å². The molecule has 10 nitrogen and oxygen atoms in total. The van der Waals surface area contributed by atoms with Gasteiger partial charge in [-0.25, -0.2) is 9.59 Å². The zero-order valence-corrected chi connectivity index (χ0v) is 21.6. The highest BCUT2D eigenvalue weighted by atomic mass is 16.5. The molecule has 0 aliphatic carbocycles. The van der Waals surface area contributed by atoms with Crippen LogP contribution in [-0.4, -0.2) is 46.3 Å². The first kappa shape index (κ1) is 26.4. The predicted octanol–water partition coefficient (Wildman–Crippen LogP) is 4.23. The highest BCUT2D eigenvalue weighted by molar-refractivity contribution is 5.89. The minimum absolute atomic E-state index is 0.00505. The van der Waals surface area contributed by atoms with Gasteiger partial charge < -0.3 is 34.4 Å². The molecule has 0 saturated carbocycles. The summed E-state index contributed by atoms with van der Waals surface area (Å²) in [5.74, 6) is -0.854. The van der Waals surface area contributed by atoms with E-state index in [2.05, 4.69) is 10.3 Å². The van der Waals surface area contributed by atoms with Gasteiger partial charge in [-0.15, -0.1) is 0 Å². The van der Waals surface area contributed by atoms with Gasteiger partial charge in [0.15, 0.2) is 6.10 Å². The molecule has 2 aromatic heterocycles. The number of phenols is 1. The Morgan fingerprint density at radius 3 is 2.50 bits per heavy atom. The van der Waals surface area contributed by atoms with Gasteiger partial charge in [-0.2, -0.15) is 0 Å². The zero-order valence-electron chi connectivity index (χ0n) is 21.6. The van der Waals surface area contributed by atoms with Crippen LogP contribution in [-0.2, 0) is 16.0 Å². The Hall–Kier alpha value is -5.25. The molecule has 4 N–H and O–H groups in total. The number of benzene rings is 3. The highest BCUT2D eigenvalue weighted by Gasteiger charge is 2.25. The lowest BCUT2D eigenvalue weighted by Crippen LogP contribution is -2.47. The number of fused-ring (bicyclic) bond motifs is 2. The molecule has 0 unspecified atom stereocenters. The molecular weight excluding hydrogens is 516 g/mol. The Morgan fingerprint density at radius 1 is 1.02 bits per heavy atom. The molecule has 0 fully saturated rings. The fraction of sp³-hybridized carbons (Fsp3) is 0.167. The predicted molar refractivity (Wildman–Crippen MR) is 148 cm³/mol. The quantitative estimate of drug-likeness (QED) is 0.202. The maximum absolute atomic E-state index is 12.8. The van der Waals surface area contributed by atoms with E-state index in [0.29, 0.717) is 33.2 Å². The van der Waals surface area contributed by atoms with Gasteiger partial charge in [0.1, 0.15) is 28.9 Å². The Balaban J connectivity index is 1.29. The third kappa shape index (κ3) is 5.46. The van der Waals surface area contributed by atoms with Crippen molar-refractivity contribution in [3.05, 3.63) is 88.9 Å². The second-order valence-electron chi connectivity index (χ2n) is 9.28. The summed E-state index contributed by atoms with van der Waals surface area (Å²) in [5, 5.41) is 23.4. The number of phenolic OH excluding ortho intramolecular Hbond substituents is 1. The Morgan fingerprint density at radius 2 is 1.77 bits per heavy atom. The molecule has 0 saturated heterocycles. The van der Waals surface area contributed by atoms with Crippen LogP contribution in [0.1, 0.15) is 12.5 Å². The minimum atomic E-state index is -1.23. The number of aromatic hydroxyl groups is 1. The van der Waals surface area contributed by atoms with E-state index in [1.165, 1.54) is 25.1 Å². The molecule has 5 rings (SSSR count). The molecule has 40 heavy (non-hydrogen) atoms. The number of carboxylic acid groups (broad SMARTS) is 1. The van der Waals surface area contributed by atoms with Crippen molar-refractivity contribution in [1.82, 2.24) is 10.3 Å². The number of hydrogen-bond donors (Lipinski definition) is 4. The molecule has 0 aliphatic heterocycles. The zero-order chi connectivity index (χ0) is 28.4. The van der Waals surface area contributed by atoms with Crippen LogP contribution in [0.25, 0.3) is 33.0 Å². The van der Waals surface area contributed by atoms with Crippen LogP contribution >= 0.6 is 0 Å². The van der Waals surface area contributed by atoms with Gasteiger partial charge in [0, 0.05) is 35.0 Å². The van der Waals surface area contributed by atoms with Gasteiger partial charge in [-0.1, -0.05) is 12.1 Å². The summed E-state index contributed by atoms with van der Waals surface area (Å²) in [7, 11) is 1.56. The molecule has 2 heterocycles. The van der Waals surface area contributed by atoms with Crippen molar-refractivity contribution in [2.45, 2.75) is 25.5 Å².